The number of hydrogen-bond acceptors (Lipinski definition) is 7. The number of aromatic hydroxyl groups is 1. The molecule has 0 aliphatic carbocycles. The van der Waals surface area contributed by atoms with Crippen molar-refractivity contribution in [2.45, 2.75) is 13.8 Å². The molecule has 28 heavy (non-hydrogen) atoms. The number of aryl methyl sites for hydroxylation is 1. The molecule has 7 nitrogen and oxygen atoms in total. The van der Waals surface area contributed by atoms with E-state index in [9.17, 15) is 9.90 Å². The molecule has 2 aromatic carbocycles. The number of rotatable bonds is 4. The summed E-state index contributed by atoms with van der Waals surface area (Å²) in [6, 6.07) is 7.39. The van der Waals surface area contributed by atoms with Gasteiger partial charge in [-0.2, -0.15) is 5.10 Å². The minimum Gasteiger partial charge on any atom is -0.507 e. The van der Waals surface area contributed by atoms with E-state index in [1.165, 1.54) is 0 Å². The molecule has 0 radical (unpaired) electrons. The van der Waals surface area contributed by atoms with Crippen LogP contribution in [-0.2, 0) is 9.47 Å². The molecule has 0 spiro atoms. The van der Waals surface area contributed by atoms with Gasteiger partial charge in [0.25, 0.3) is 0 Å². The first-order valence-corrected chi connectivity index (χ1v) is 9.32. The van der Waals surface area contributed by atoms with Crippen molar-refractivity contribution >= 4 is 33.9 Å². The first-order chi connectivity index (χ1) is 13.6. The number of furan rings is 1. The van der Waals surface area contributed by atoms with Crippen molar-refractivity contribution in [1.82, 2.24) is 5.01 Å². The Balaban J connectivity index is 1.97. The van der Waals surface area contributed by atoms with E-state index in [0.29, 0.717) is 59.5 Å². The lowest BCUT2D eigenvalue weighted by Gasteiger charge is -2.23. The molecule has 1 aliphatic rings. The van der Waals surface area contributed by atoms with Crippen LogP contribution in [0, 0.1) is 6.92 Å². The van der Waals surface area contributed by atoms with Crippen LogP contribution < -0.4 is 0 Å². The summed E-state index contributed by atoms with van der Waals surface area (Å²) in [7, 11) is 0. The predicted octanol–water partition coefficient (Wildman–Crippen LogP) is 3.44. The molecule has 4 rings (SSSR count). The Morgan fingerprint density at radius 3 is 2.71 bits per heavy atom. The van der Waals surface area contributed by atoms with Gasteiger partial charge in [0, 0.05) is 21.7 Å². The monoisotopic (exact) mass is 382 g/mol. The number of nitrogens with zero attached hydrogens (tertiary/aromatic N) is 2. The highest BCUT2D eigenvalue weighted by Crippen LogP contribution is 2.40. The zero-order valence-corrected chi connectivity index (χ0v) is 15.9. The molecule has 1 fully saturated rings. The fourth-order valence-corrected chi connectivity index (χ4v) is 3.53. The molecule has 7 heteroatoms. The summed E-state index contributed by atoms with van der Waals surface area (Å²) in [5.41, 5.74) is 1.30. The molecule has 0 saturated carbocycles. The average molecular weight is 382 g/mol. The molecule has 0 amide bonds. The number of esters is 1. The molecule has 0 atom stereocenters. The SMILES string of the molecule is CCOC(=O)c1c(C)oc2c1c(/C=N/N1CCOCC1)c(O)c1ccccc12. The van der Waals surface area contributed by atoms with Crippen molar-refractivity contribution in [1.29, 1.82) is 0 Å². The van der Waals surface area contributed by atoms with Crippen molar-refractivity contribution in [3.8, 4) is 5.75 Å². The Morgan fingerprint density at radius 1 is 1.29 bits per heavy atom. The van der Waals surface area contributed by atoms with Gasteiger partial charge in [-0.1, -0.05) is 24.3 Å². The molecule has 146 valence electrons. The zero-order chi connectivity index (χ0) is 19.7. The van der Waals surface area contributed by atoms with E-state index in [0.717, 1.165) is 5.39 Å². The lowest BCUT2D eigenvalue weighted by atomic mass is 9.98. The molecule has 3 aromatic rings. The van der Waals surface area contributed by atoms with Gasteiger partial charge < -0.3 is 19.0 Å². The van der Waals surface area contributed by atoms with E-state index < -0.39 is 5.97 Å². The molecule has 0 bridgehead atoms. The summed E-state index contributed by atoms with van der Waals surface area (Å²) >= 11 is 0. The standard InChI is InChI=1S/C21H22N2O5/c1-3-27-21(25)17-13(2)28-20-15-7-5-4-6-14(15)19(24)16(18(17)20)12-22-23-8-10-26-11-9-23/h4-7,12,24H,3,8-11H2,1-2H3/b22-12+. The van der Waals surface area contributed by atoms with Gasteiger partial charge in [0.05, 0.1) is 39.1 Å². The summed E-state index contributed by atoms with van der Waals surface area (Å²) in [6.45, 7) is 6.28. The van der Waals surface area contributed by atoms with Gasteiger partial charge >= 0.3 is 5.97 Å². The Labute approximate surface area is 162 Å². The van der Waals surface area contributed by atoms with Crippen molar-refractivity contribution in [2.24, 2.45) is 5.10 Å². The number of carbonyl (C=O) groups is 1. The van der Waals surface area contributed by atoms with Crippen molar-refractivity contribution in [3.63, 3.8) is 0 Å². The first kappa shape index (κ1) is 18.3. The molecular formula is C21H22N2O5. The molecule has 1 aromatic heterocycles. The zero-order valence-electron chi connectivity index (χ0n) is 15.9. The van der Waals surface area contributed by atoms with E-state index in [2.05, 4.69) is 5.10 Å². The van der Waals surface area contributed by atoms with Crippen LogP contribution >= 0.6 is 0 Å². The average Bonchev–Trinajstić information content (AvgIpc) is 3.06. The number of carbonyl (C=O) groups excluding carboxylic acids is 1. The number of morpholine rings is 1. The lowest BCUT2D eigenvalue weighted by Crippen LogP contribution is -2.32. The minimum absolute atomic E-state index is 0.0615. The maximum Gasteiger partial charge on any atom is 0.342 e. The van der Waals surface area contributed by atoms with Crippen LogP contribution in [0.1, 0.15) is 28.6 Å². The van der Waals surface area contributed by atoms with E-state index in [-0.39, 0.29) is 12.4 Å². The Kier molecular flexibility index (Phi) is 4.92. The van der Waals surface area contributed by atoms with Gasteiger partial charge in [0.15, 0.2) is 0 Å². The highest BCUT2D eigenvalue weighted by atomic mass is 16.5. The summed E-state index contributed by atoms with van der Waals surface area (Å²) < 4.78 is 16.5. The van der Waals surface area contributed by atoms with E-state index in [1.807, 2.05) is 29.3 Å². The van der Waals surface area contributed by atoms with Crippen LogP contribution in [-0.4, -0.2) is 55.2 Å². The van der Waals surface area contributed by atoms with Crippen molar-refractivity contribution in [3.05, 3.63) is 41.2 Å². The molecule has 2 heterocycles. The Hall–Kier alpha value is -3.06. The molecule has 1 N–H and O–H groups in total. The number of phenols is 1. The second-order valence-corrected chi connectivity index (χ2v) is 6.58. The minimum atomic E-state index is -0.477. The van der Waals surface area contributed by atoms with Gasteiger partial charge in [-0.05, 0) is 13.8 Å². The van der Waals surface area contributed by atoms with E-state index in [4.69, 9.17) is 13.9 Å². The van der Waals surface area contributed by atoms with Crippen molar-refractivity contribution < 1.29 is 23.8 Å². The normalized spacial score (nSPS) is 15.0. The third-order valence-electron chi connectivity index (χ3n) is 4.85. The third-order valence-corrected chi connectivity index (χ3v) is 4.85. The number of hydrazone groups is 1. The summed E-state index contributed by atoms with van der Waals surface area (Å²) in [5, 5.41) is 19.3. The maximum absolute atomic E-state index is 12.6. The first-order valence-electron chi connectivity index (χ1n) is 9.32. The highest BCUT2D eigenvalue weighted by molar-refractivity contribution is 6.21. The largest absolute Gasteiger partial charge is 0.507 e. The van der Waals surface area contributed by atoms with Crippen LogP contribution in [0.15, 0.2) is 33.8 Å². The summed E-state index contributed by atoms with van der Waals surface area (Å²) in [5.74, 6) is 0.0335. The van der Waals surface area contributed by atoms with Crippen LogP contribution in [0.2, 0.25) is 0 Å². The van der Waals surface area contributed by atoms with Crippen LogP contribution in [0.4, 0.5) is 0 Å². The fraction of sp³-hybridized carbons (Fsp3) is 0.333. The topological polar surface area (TPSA) is 84.5 Å². The highest BCUT2D eigenvalue weighted by Gasteiger charge is 2.26. The van der Waals surface area contributed by atoms with Crippen molar-refractivity contribution in [2.75, 3.05) is 32.9 Å². The van der Waals surface area contributed by atoms with Gasteiger partial charge in [-0.3, -0.25) is 5.01 Å². The van der Waals surface area contributed by atoms with Gasteiger partial charge in [0.1, 0.15) is 22.7 Å². The number of ether oxygens (including phenoxy) is 2. The lowest BCUT2D eigenvalue weighted by molar-refractivity contribution is 0.0397. The second-order valence-electron chi connectivity index (χ2n) is 6.58. The number of phenolic OH excluding ortho intramolecular Hbond substituents is 1. The van der Waals surface area contributed by atoms with Gasteiger partial charge in [-0.25, -0.2) is 4.79 Å². The van der Waals surface area contributed by atoms with E-state index in [1.54, 1.807) is 20.1 Å². The quantitative estimate of drug-likeness (QED) is 0.550. The van der Waals surface area contributed by atoms with Crippen LogP contribution in [0.3, 0.4) is 0 Å². The van der Waals surface area contributed by atoms with Crippen LogP contribution in [0.5, 0.6) is 5.75 Å². The third kappa shape index (κ3) is 3.07. The molecule has 0 unspecified atom stereocenters. The smallest absolute Gasteiger partial charge is 0.342 e. The van der Waals surface area contributed by atoms with Crippen LogP contribution in [0.25, 0.3) is 21.7 Å². The summed E-state index contributed by atoms with van der Waals surface area (Å²) in [4.78, 5) is 12.6. The number of benzene rings is 2. The maximum atomic E-state index is 12.6. The predicted molar refractivity (Wildman–Crippen MR) is 106 cm³/mol. The molecule has 1 aliphatic heterocycles. The number of fused-ring (bicyclic) bond motifs is 3. The second kappa shape index (κ2) is 7.52. The molecular weight excluding hydrogens is 360 g/mol. The Morgan fingerprint density at radius 2 is 2.00 bits per heavy atom. The Bertz CT molecular complexity index is 1060. The summed E-state index contributed by atoms with van der Waals surface area (Å²) in [6.07, 6.45) is 1.59. The fourth-order valence-electron chi connectivity index (χ4n) is 3.53. The number of hydrogen-bond donors (Lipinski definition) is 1. The van der Waals surface area contributed by atoms with E-state index >= 15 is 0 Å². The molecule has 1 saturated heterocycles. The van der Waals surface area contributed by atoms with Gasteiger partial charge in [-0.15, -0.1) is 0 Å². The van der Waals surface area contributed by atoms with Gasteiger partial charge in [0.2, 0.25) is 0 Å².